The van der Waals surface area contributed by atoms with Gasteiger partial charge in [0.25, 0.3) is 5.91 Å². The zero-order valence-corrected chi connectivity index (χ0v) is 12.6. The van der Waals surface area contributed by atoms with Crippen molar-refractivity contribution in [2.45, 2.75) is 44.6 Å². The third-order valence-corrected chi connectivity index (χ3v) is 3.75. The second-order valence-corrected chi connectivity index (χ2v) is 5.48. The van der Waals surface area contributed by atoms with Crippen LogP contribution in [0.1, 0.15) is 59.4 Å². The van der Waals surface area contributed by atoms with Crippen LogP contribution < -0.4 is 5.32 Å². The highest BCUT2D eigenvalue weighted by Crippen LogP contribution is 2.20. The fraction of sp³-hybridized carbons (Fsp3) is 0.562. The molecular formula is C16H22N2O4. The van der Waals surface area contributed by atoms with Gasteiger partial charge in [-0.3, -0.25) is 9.78 Å². The molecule has 0 radical (unpaired) electrons. The van der Waals surface area contributed by atoms with Gasteiger partial charge in [-0.05, 0) is 31.4 Å². The van der Waals surface area contributed by atoms with Crippen molar-refractivity contribution in [3.8, 4) is 0 Å². The second-order valence-electron chi connectivity index (χ2n) is 5.48. The summed E-state index contributed by atoms with van der Waals surface area (Å²) in [6, 6.07) is 2.63. The van der Waals surface area contributed by atoms with Gasteiger partial charge in [-0.1, -0.05) is 19.3 Å². The first-order valence-corrected chi connectivity index (χ1v) is 7.76. The first-order chi connectivity index (χ1) is 10.7. The van der Waals surface area contributed by atoms with E-state index < -0.39 is 5.97 Å². The van der Waals surface area contributed by atoms with E-state index in [1.54, 1.807) is 0 Å². The van der Waals surface area contributed by atoms with Gasteiger partial charge in [0.05, 0.1) is 11.7 Å². The van der Waals surface area contributed by atoms with Gasteiger partial charge < -0.3 is 15.2 Å². The van der Waals surface area contributed by atoms with Crippen LogP contribution in [-0.4, -0.2) is 41.2 Å². The summed E-state index contributed by atoms with van der Waals surface area (Å²) in [7, 11) is 0. The quantitative estimate of drug-likeness (QED) is 0.754. The van der Waals surface area contributed by atoms with Gasteiger partial charge >= 0.3 is 5.97 Å². The molecule has 0 atom stereocenters. The average Bonchev–Trinajstić information content (AvgIpc) is 2.55. The molecule has 1 aromatic rings. The molecule has 2 rings (SSSR count). The summed E-state index contributed by atoms with van der Waals surface area (Å²) in [6.07, 6.45) is 8.50. The summed E-state index contributed by atoms with van der Waals surface area (Å²) in [5, 5.41) is 11.6. The Morgan fingerprint density at radius 3 is 2.82 bits per heavy atom. The zero-order chi connectivity index (χ0) is 15.8. The van der Waals surface area contributed by atoms with Gasteiger partial charge in [0.1, 0.15) is 5.69 Å². The molecule has 2 N–H and O–H groups in total. The molecule has 0 unspecified atom stereocenters. The van der Waals surface area contributed by atoms with Crippen LogP contribution in [0.2, 0.25) is 0 Å². The molecule has 0 saturated heterocycles. The Bertz CT molecular complexity index is 513. The van der Waals surface area contributed by atoms with Crippen molar-refractivity contribution in [2.24, 2.45) is 0 Å². The highest BCUT2D eigenvalue weighted by atomic mass is 16.5. The van der Waals surface area contributed by atoms with Gasteiger partial charge in [-0.2, -0.15) is 0 Å². The summed E-state index contributed by atoms with van der Waals surface area (Å²) in [5.41, 5.74) is 0.175. The van der Waals surface area contributed by atoms with Crippen molar-refractivity contribution in [2.75, 3.05) is 13.2 Å². The highest BCUT2D eigenvalue weighted by Gasteiger charge is 2.13. The van der Waals surface area contributed by atoms with Crippen LogP contribution in [0.25, 0.3) is 0 Å². The maximum atomic E-state index is 11.9. The maximum absolute atomic E-state index is 11.9. The zero-order valence-electron chi connectivity index (χ0n) is 12.6. The molecule has 1 aliphatic rings. The molecule has 1 heterocycles. The SMILES string of the molecule is O=C(O)c1ccnc(C(=O)NCCCOC2CCCCC2)c1. The minimum absolute atomic E-state index is 0.0563. The maximum Gasteiger partial charge on any atom is 0.335 e. The van der Waals surface area contributed by atoms with Crippen LogP contribution >= 0.6 is 0 Å². The molecule has 6 heteroatoms. The molecule has 0 spiro atoms. The lowest BCUT2D eigenvalue weighted by Crippen LogP contribution is -2.27. The normalized spacial score (nSPS) is 15.5. The number of amides is 1. The molecular weight excluding hydrogens is 284 g/mol. The number of hydrogen-bond acceptors (Lipinski definition) is 4. The number of carbonyl (C=O) groups excluding carboxylic acids is 1. The topological polar surface area (TPSA) is 88.5 Å². The van der Waals surface area contributed by atoms with Crippen LogP contribution in [0.3, 0.4) is 0 Å². The molecule has 1 aromatic heterocycles. The monoisotopic (exact) mass is 306 g/mol. The van der Waals surface area contributed by atoms with Crippen LogP contribution in [0.4, 0.5) is 0 Å². The number of carbonyl (C=O) groups is 2. The molecule has 22 heavy (non-hydrogen) atoms. The van der Waals surface area contributed by atoms with E-state index in [0.29, 0.717) is 19.3 Å². The van der Waals surface area contributed by atoms with E-state index in [-0.39, 0.29) is 17.2 Å². The van der Waals surface area contributed by atoms with Crippen molar-refractivity contribution in [1.82, 2.24) is 10.3 Å². The smallest absolute Gasteiger partial charge is 0.335 e. The number of rotatable bonds is 7. The Morgan fingerprint density at radius 1 is 1.32 bits per heavy atom. The van der Waals surface area contributed by atoms with E-state index in [0.717, 1.165) is 19.3 Å². The fourth-order valence-electron chi connectivity index (χ4n) is 2.53. The number of aromatic carboxylic acids is 1. The molecule has 1 fully saturated rings. The first-order valence-electron chi connectivity index (χ1n) is 7.76. The Hall–Kier alpha value is -1.95. The van der Waals surface area contributed by atoms with Gasteiger partial charge in [0.15, 0.2) is 0 Å². The van der Waals surface area contributed by atoms with Crippen molar-refractivity contribution in [1.29, 1.82) is 0 Å². The number of nitrogens with one attached hydrogen (secondary N) is 1. The summed E-state index contributed by atoms with van der Waals surface area (Å²) in [5.74, 6) is -1.43. The molecule has 1 aliphatic carbocycles. The summed E-state index contributed by atoms with van der Waals surface area (Å²) >= 11 is 0. The van der Waals surface area contributed by atoms with Crippen LogP contribution in [0.15, 0.2) is 18.3 Å². The second kappa shape index (κ2) is 8.48. The summed E-state index contributed by atoms with van der Waals surface area (Å²) in [6.45, 7) is 1.12. The predicted octanol–water partition coefficient (Wildman–Crippen LogP) is 2.25. The average molecular weight is 306 g/mol. The van der Waals surface area contributed by atoms with Crippen molar-refractivity contribution in [3.05, 3.63) is 29.6 Å². The van der Waals surface area contributed by atoms with E-state index in [1.807, 2.05) is 0 Å². The summed E-state index contributed by atoms with van der Waals surface area (Å²) in [4.78, 5) is 26.6. The number of pyridine rings is 1. The minimum atomic E-state index is -1.07. The Kier molecular flexibility index (Phi) is 6.33. The molecule has 6 nitrogen and oxygen atoms in total. The van der Waals surface area contributed by atoms with E-state index in [9.17, 15) is 9.59 Å². The fourth-order valence-corrected chi connectivity index (χ4v) is 2.53. The van der Waals surface area contributed by atoms with Crippen molar-refractivity contribution >= 4 is 11.9 Å². The van der Waals surface area contributed by atoms with Crippen molar-refractivity contribution in [3.63, 3.8) is 0 Å². The highest BCUT2D eigenvalue weighted by molar-refractivity contribution is 5.95. The van der Waals surface area contributed by atoms with E-state index in [4.69, 9.17) is 9.84 Å². The third kappa shape index (κ3) is 5.11. The number of nitrogens with zero attached hydrogens (tertiary/aromatic N) is 1. The van der Waals surface area contributed by atoms with Gasteiger partial charge in [0.2, 0.25) is 0 Å². The number of carboxylic acids is 1. The van der Waals surface area contributed by atoms with E-state index >= 15 is 0 Å². The van der Waals surface area contributed by atoms with Gasteiger partial charge in [-0.25, -0.2) is 4.79 Å². The van der Waals surface area contributed by atoms with Gasteiger partial charge in [-0.15, -0.1) is 0 Å². The number of aromatic nitrogens is 1. The largest absolute Gasteiger partial charge is 0.478 e. The standard InChI is InChI=1S/C16H22N2O4/c19-15(14-11-12(16(20)21)7-9-17-14)18-8-4-10-22-13-5-2-1-3-6-13/h7,9,11,13H,1-6,8,10H2,(H,18,19)(H,20,21). The Morgan fingerprint density at radius 2 is 2.09 bits per heavy atom. The number of hydrogen-bond donors (Lipinski definition) is 2. The molecule has 120 valence electrons. The van der Waals surface area contributed by atoms with Crippen LogP contribution in [0, 0.1) is 0 Å². The third-order valence-electron chi connectivity index (χ3n) is 3.75. The summed E-state index contributed by atoms with van der Waals surface area (Å²) < 4.78 is 5.78. The molecule has 0 aromatic carbocycles. The lowest BCUT2D eigenvalue weighted by Gasteiger charge is -2.21. The first kappa shape index (κ1) is 16.4. The van der Waals surface area contributed by atoms with E-state index in [1.165, 1.54) is 37.6 Å². The molecule has 1 amide bonds. The molecule has 1 saturated carbocycles. The van der Waals surface area contributed by atoms with Crippen molar-refractivity contribution < 1.29 is 19.4 Å². The Labute approximate surface area is 129 Å². The molecule has 0 aliphatic heterocycles. The van der Waals surface area contributed by atoms with Crippen LogP contribution in [0.5, 0.6) is 0 Å². The molecule has 0 bridgehead atoms. The lowest BCUT2D eigenvalue weighted by atomic mass is 9.98. The van der Waals surface area contributed by atoms with Crippen LogP contribution in [-0.2, 0) is 4.74 Å². The van der Waals surface area contributed by atoms with E-state index in [2.05, 4.69) is 10.3 Å². The lowest BCUT2D eigenvalue weighted by molar-refractivity contribution is 0.0273. The number of ether oxygens (including phenoxy) is 1. The number of carboxylic acid groups (broad SMARTS) is 1. The predicted molar refractivity (Wildman–Crippen MR) is 81.0 cm³/mol. The Balaban J connectivity index is 1.67. The van der Waals surface area contributed by atoms with Gasteiger partial charge in [0, 0.05) is 19.3 Å². The minimum Gasteiger partial charge on any atom is -0.478 e.